The Morgan fingerprint density at radius 1 is 0.515 bits per heavy atom. The summed E-state index contributed by atoms with van der Waals surface area (Å²) in [5.41, 5.74) is 18.1. The molecule has 4 aromatic heterocycles. The number of aromatic nitrogens is 1. The average molecular weight is 917 g/mol. The maximum Gasteiger partial charge on any atom is 0.211 e. The number of fused-ring (bicyclic) bond motifs is 14. The highest BCUT2D eigenvalue weighted by Gasteiger charge is 2.34. The molecule has 68 heavy (non-hydrogen) atoms. The number of furan rings is 1. The minimum absolute atomic E-state index is 0.0403. The summed E-state index contributed by atoms with van der Waals surface area (Å²) in [6, 6.07) is 54.9. The van der Waals surface area contributed by atoms with E-state index in [-0.39, 0.29) is 16.2 Å². The van der Waals surface area contributed by atoms with Crippen molar-refractivity contribution < 1.29 is 4.42 Å². The summed E-state index contributed by atoms with van der Waals surface area (Å²) in [6.45, 7) is 20.7. The number of rotatable bonds is 4. The maximum atomic E-state index is 7.29. The van der Waals surface area contributed by atoms with Crippen molar-refractivity contribution in [2.24, 2.45) is 0 Å². The predicted octanol–water partition coefficient (Wildman–Crippen LogP) is 16.9. The van der Waals surface area contributed by atoms with E-state index in [4.69, 9.17) is 4.42 Å². The average Bonchev–Trinajstić information content (AvgIpc) is 4.07. The first kappa shape index (κ1) is 41.6. The molecule has 0 aliphatic carbocycles. The Morgan fingerprint density at radius 2 is 1.21 bits per heavy atom. The first-order chi connectivity index (χ1) is 32.6. The van der Waals surface area contributed by atoms with E-state index in [0.29, 0.717) is 0 Å². The number of nitrogens with zero attached hydrogens (tertiary/aromatic N) is 1. The lowest BCUT2D eigenvalue weighted by molar-refractivity contribution is 0.590. The van der Waals surface area contributed by atoms with E-state index in [9.17, 15) is 0 Å². The van der Waals surface area contributed by atoms with E-state index in [1.165, 1.54) is 112 Å². The van der Waals surface area contributed by atoms with Gasteiger partial charge in [-0.15, -0.1) is 22.7 Å². The Bertz CT molecular complexity index is 4070. The molecular weight excluding hydrogens is 864 g/mol. The van der Waals surface area contributed by atoms with Gasteiger partial charge in [0.2, 0.25) is 7.28 Å². The second-order valence-corrected chi connectivity index (χ2v) is 24.5. The topological polar surface area (TPSA) is 30.1 Å². The van der Waals surface area contributed by atoms with Crippen LogP contribution >= 0.6 is 22.7 Å². The minimum Gasteiger partial charge on any atom is -0.455 e. The van der Waals surface area contributed by atoms with Gasteiger partial charge in [-0.1, -0.05) is 147 Å². The van der Waals surface area contributed by atoms with Gasteiger partial charge in [-0.3, -0.25) is 0 Å². The highest BCUT2D eigenvalue weighted by atomic mass is 32.1. The molecule has 0 saturated carbocycles. The summed E-state index contributed by atoms with van der Waals surface area (Å²) >= 11 is 3.84. The molecule has 1 aliphatic heterocycles. The van der Waals surface area contributed by atoms with E-state index in [2.05, 4.69) is 218 Å². The van der Waals surface area contributed by atoms with Gasteiger partial charge in [0.1, 0.15) is 11.2 Å². The zero-order valence-corrected chi connectivity index (χ0v) is 41.9. The first-order valence-electron chi connectivity index (χ1n) is 24.0. The van der Waals surface area contributed by atoms with Crippen molar-refractivity contribution in [2.45, 2.75) is 78.6 Å². The summed E-state index contributed by atoms with van der Waals surface area (Å²) in [7, 11) is 0.802. The fraction of sp³-hybridized carbons (Fsp3) is 0.194. The number of thiophene rings is 2. The first-order valence-corrected chi connectivity index (χ1v) is 25.7. The molecule has 0 saturated heterocycles. The van der Waals surface area contributed by atoms with Crippen molar-refractivity contribution >= 4 is 126 Å². The monoisotopic (exact) mass is 916 g/mol. The van der Waals surface area contributed by atoms with Crippen LogP contribution in [0.1, 0.15) is 79.0 Å². The Labute approximate surface area is 406 Å². The quantitative estimate of drug-likeness (QED) is 0.178. The second-order valence-electron chi connectivity index (χ2n) is 22.2. The summed E-state index contributed by atoms with van der Waals surface area (Å²) in [4.78, 5) is 0. The molecule has 0 fully saturated rings. The molecule has 0 radical (unpaired) electrons. The molecule has 12 aromatic rings. The molecule has 332 valence electrons. The van der Waals surface area contributed by atoms with Crippen LogP contribution in [0.2, 0.25) is 0 Å². The van der Waals surface area contributed by atoms with Crippen LogP contribution in [0, 0.1) is 0 Å². The standard InChI is InChI=1S/C62H53BN2OS2/c1-60(2,3)36-20-24-39(25-21-36)64-46-33-51-42(40-26-22-38(62(7,8)9)31-50(40)67-51)32-43(46)52-53-41-17-13-14-18-48(41)66-58(53)54-44-30-37(61(4,5)6)23-27-47(44)65-56-45-29-35(34-15-11-10-12-16-34)19-28-49(45)68-59(56)63-55(52)57(54)65/h10-33,63-64H,1-9H3. The molecule has 8 aromatic carbocycles. The van der Waals surface area contributed by atoms with Crippen LogP contribution < -0.4 is 15.6 Å². The summed E-state index contributed by atoms with van der Waals surface area (Å²) < 4.78 is 15.2. The van der Waals surface area contributed by atoms with Crippen LogP contribution in [0.25, 0.3) is 102 Å². The highest BCUT2D eigenvalue weighted by molar-refractivity contribution is 7.29. The van der Waals surface area contributed by atoms with Gasteiger partial charge in [-0.25, -0.2) is 0 Å². The Balaban J connectivity index is 1.18. The van der Waals surface area contributed by atoms with Crippen molar-refractivity contribution in [3.05, 3.63) is 162 Å². The summed E-state index contributed by atoms with van der Waals surface area (Å²) in [5.74, 6) is 0. The molecule has 3 nitrogen and oxygen atoms in total. The van der Waals surface area contributed by atoms with Gasteiger partial charge in [0, 0.05) is 63.4 Å². The lowest BCUT2D eigenvalue weighted by atomic mass is 9.62. The van der Waals surface area contributed by atoms with E-state index >= 15 is 0 Å². The normalized spacial score (nSPS) is 13.2. The molecule has 1 N–H and O–H groups in total. The largest absolute Gasteiger partial charge is 0.455 e. The fourth-order valence-electron chi connectivity index (χ4n) is 11.0. The minimum atomic E-state index is -0.0403. The van der Waals surface area contributed by atoms with E-state index in [1.54, 1.807) is 0 Å². The van der Waals surface area contributed by atoms with Crippen molar-refractivity contribution in [2.75, 3.05) is 5.32 Å². The molecule has 13 rings (SSSR count). The number of benzene rings is 8. The lowest BCUT2D eigenvalue weighted by Gasteiger charge is -2.23. The van der Waals surface area contributed by atoms with Gasteiger partial charge in [0.05, 0.1) is 22.1 Å². The molecule has 1 aliphatic rings. The number of nitrogens with one attached hydrogen (secondary N) is 1. The molecule has 5 heterocycles. The van der Waals surface area contributed by atoms with Crippen LogP contribution in [0.3, 0.4) is 0 Å². The van der Waals surface area contributed by atoms with Crippen molar-refractivity contribution in [3.8, 4) is 27.9 Å². The number of para-hydroxylation sites is 1. The molecule has 0 amide bonds. The third-order valence-corrected chi connectivity index (χ3v) is 16.9. The van der Waals surface area contributed by atoms with Gasteiger partial charge < -0.3 is 14.3 Å². The Morgan fingerprint density at radius 3 is 1.97 bits per heavy atom. The maximum absolute atomic E-state index is 7.29. The molecule has 0 spiro atoms. The zero-order chi connectivity index (χ0) is 46.6. The van der Waals surface area contributed by atoms with Crippen molar-refractivity contribution in [1.29, 1.82) is 0 Å². The molecular formula is C62H53BN2OS2. The van der Waals surface area contributed by atoms with E-state index in [1.807, 2.05) is 22.7 Å². The summed E-state index contributed by atoms with van der Waals surface area (Å²) in [6.07, 6.45) is 0. The number of anilines is 2. The van der Waals surface area contributed by atoms with Gasteiger partial charge in [0.15, 0.2) is 0 Å². The molecule has 0 atom stereocenters. The third kappa shape index (κ3) is 6.30. The third-order valence-electron chi connectivity index (χ3n) is 14.7. The Kier molecular flexibility index (Phi) is 8.84. The second kappa shape index (κ2) is 14.5. The Hall–Kier alpha value is -6.60. The van der Waals surface area contributed by atoms with Crippen molar-refractivity contribution in [3.63, 3.8) is 0 Å². The predicted molar refractivity (Wildman–Crippen MR) is 299 cm³/mol. The molecule has 0 bridgehead atoms. The van der Waals surface area contributed by atoms with Crippen LogP contribution in [0.4, 0.5) is 11.4 Å². The zero-order valence-electron chi connectivity index (χ0n) is 40.2. The number of hydrogen-bond donors (Lipinski definition) is 1. The molecule has 0 unspecified atom stereocenters. The van der Waals surface area contributed by atoms with Crippen LogP contribution in [-0.2, 0) is 16.2 Å². The fourth-order valence-corrected chi connectivity index (χ4v) is 13.3. The summed E-state index contributed by atoms with van der Waals surface area (Å²) in [5, 5.41) is 12.7. The van der Waals surface area contributed by atoms with Gasteiger partial charge in [-0.05, 0) is 121 Å². The van der Waals surface area contributed by atoms with Crippen LogP contribution in [-0.4, -0.2) is 11.8 Å². The number of hydrogen-bond acceptors (Lipinski definition) is 4. The van der Waals surface area contributed by atoms with Gasteiger partial charge in [0.25, 0.3) is 0 Å². The van der Waals surface area contributed by atoms with Gasteiger partial charge in [-0.2, -0.15) is 0 Å². The van der Waals surface area contributed by atoms with Gasteiger partial charge >= 0.3 is 0 Å². The van der Waals surface area contributed by atoms with E-state index in [0.717, 1.165) is 35.2 Å². The lowest BCUT2D eigenvalue weighted by Crippen LogP contribution is -2.35. The SMILES string of the molecule is CC(C)(C)c1ccc(Nc2cc3sc4cc(C(C)(C)C)ccc4c3cc2-c2c3c4c(c5cc(C(C)(C)C)ccc5n4-c4c(sc5ccc(-c6ccccc6)cc45)B3)c3oc4ccccc4c23)cc1. The molecule has 6 heteroatoms. The smallest absolute Gasteiger partial charge is 0.211 e. The van der Waals surface area contributed by atoms with E-state index < -0.39 is 0 Å². The van der Waals surface area contributed by atoms with Crippen LogP contribution in [0.15, 0.2) is 150 Å². The highest BCUT2D eigenvalue weighted by Crippen LogP contribution is 2.50. The van der Waals surface area contributed by atoms with Crippen molar-refractivity contribution in [1.82, 2.24) is 4.57 Å². The van der Waals surface area contributed by atoms with Crippen LogP contribution in [0.5, 0.6) is 0 Å².